The summed E-state index contributed by atoms with van der Waals surface area (Å²) >= 11 is 0. The number of hydrogen-bond acceptors (Lipinski definition) is 3. The first kappa shape index (κ1) is 19.8. The minimum Gasteiger partial charge on any atom is -0.388 e. The molecule has 3 rings (SSSR count). The van der Waals surface area contributed by atoms with Gasteiger partial charge in [-0.15, -0.1) is 0 Å². The van der Waals surface area contributed by atoms with Gasteiger partial charge in [0.25, 0.3) is 0 Å². The van der Waals surface area contributed by atoms with E-state index in [-0.39, 0.29) is 5.41 Å². The SMILES string of the molecule is CC(C)C(C)(c1ccc(C#N)cc1)c1ccc(C(O)Cc2ccccn2)cc1. The standard InChI is InChI=1S/C25H26N2O/c1-18(2)25(3,21-11-7-19(17-26)8-12-21)22-13-9-20(10-14-22)24(28)16-23-6-4-5-15-27-23/h4-15,18,24,28H,16H2,1-3H3. The van der Waals surface area contributed by atoms with Crippen molar-refractivity contribution in [1.82, 2.24) is 4.98 Å². The molecule has 2 unspecified atom stereocenters. The second kappa shape index (κ2) is 8.37. The molecule has 1 N–H and O–H groups in total. The van der Waals surface area contributed by atoms with E-state index in [0.29, 0.717) is 17.9 Å². The molecule has 28 heavy (non-hydrogen) atoms. The topological polar surface area (TPSA) is 56.9 Å². The molecule has 0 aliphatic heterocycles. The van der Waals surface area contributed by atoms with Crippen LogP contribution in [0.25, 0.3) is 0 Å². The van der Waals surface area contributed by atoms with Gasteiger partial charge in [-0.2, -0.15) is 5.26 Å². The quantitative estimate of drug-likeness (QED) is 0.649. The van der Waals surface area contributed by atoms with Crippen LogP contribution in [-0.2, 0) is 11.8 Å². The van der Waals surface area contributed by atoms with Gasteiger partial charge in [0.2, 0.25) is 0 Å². The lowest BCUT2D eigenvalue weighted by Crippen LogP contribution is -2.30. The first-order valence-electron chi connectivity index (χ1n) is 9.64. The number of aromatic nitrogens is 1. The summed E-state index contributed by atoms with van der Waals surface area (Å²) in [5, 5.41) is 19.6. The molecule has 0 saturated heterocycles. The Labute approximate surface area is 167 Å². The van der Waals surface area contributed by atoms with E-state index in [1.54, 1.807) is 6.20 Å². The van der Waals surface area contributed by atoms with Crippen molar-refractivity contribution in [3.63, 3.8) is 0 Å². The van der Waals surface area contributed by atoms with Gasteiger partial charge >= 0.3 is 0 Å². The molecule has 3 aromatic rings. The summed E-state index contributed by atoms with van der Waals surface area (Å²) in [6.45, 7) is 6.66. The van der Waals surface area contributed by atoms with Crippen molar-refractivity contribution in [2.45, 2.75) is 38.7 Å². The number of rotatable bonds is 6. The third-order valence-corrected chi connectivity index (χ3v) is 5.79. The number of benzene rings is 2. The van der Waals surface area contributed by atoms with E-state index in [9.17, 15) is 5.11 Å². The van der Waals surface area contributed by atoms with Crippen molar-refractivity contribution in [2.24, 2.45) is 5.92 Å². The highest BCUT2D eigenvalue weighted by atomic mass is 16.3. The Bertz CT molecular complexity index is 941. The molecule has 0 amide bonds. The van der Waals surface area contributed by atoms with Crippen LogP contribution < -0.4 is 0 Å². The molecule has 0 fully saturated rings. The summed E-state index contributed by atoms with van der Waals surface area (Å²) in [7, 11) is 0. The van der Waals surface area contributed by atoms with Crippen LogP contribution in [0.4, 0.5) is 0 Å². The highest BCUT2D eigenvalue weighted by Crippen LogP contribution is 2.39. The van der Waals surface area contributed by atoms with E-state index in [0.717, 1.165) is 11.3 Å². The zero-order chi connectivity index (χ0) is 20.1. The lowest BCUT2D eigenvalue weighted by molar-refractivity contribution is 0.177. The maximum atomic E-state index is 10.6. The molecule has 0 bridgehead atoms. The Morgan fingerprint density at radius 3 is 2.07 bits per heavy atom. The average molecular weight is 370 g/mol. The number of aliphatic hydroxyl groups excluding tert-OH is 1. The Balaban J connectivity index is 1.87. The fourth-order valence-electron chi connectivity index (χ4n) is 3.61. The van der Waals surface area contributed by atoms with E-state index < -0.39 is 6.10 Å². The predicted molar refractivity (Wildman–Crippen MR) is 112 cm³/mol. The molecule has 2 aromatic carbocycles. The summed E-state index contributed by atoms with van der Waals surface area (Å²) in [5.41, 5.74) is 4.63. The molecule has 0 spiro atoms. The first-order valence-corrected chi connectivity index (χ1v) is 9.64. The Hall–Kier alpha value is -2.96. The maximum Gasteiger partial charge on any atom is 0.0991 e. The molecule has 0 radical (unpaired) electrons. The molecular weight excluding hydrogens is 344 g/mol. The van der Waals surface area contributed by atoms with Gasteiger partial charge in [0.15, 0.2) is 0 Å². The van der Waals surface area contributed by atoms with Crippen molar-refractivity contribution < 1.29 is 5.11 Å². The van der Waals surface area contributed by atoms with Gasteiger partial charge in [-0.05, 0) is 46.9 Å². The van der Waals surface area contributed by atoms with Crippen LogP contribution in [0.3, 0.4) is 0 Å². The number of aliphatic hydroxyl groups is 1. The summed E-state index contributed by atoms with van der Waals surface area (Å²) in [6, 6.07) is 24.0. The molecule has 0 aliphatic rings. The maximum absolute atomic E-state index is 10.6. The highest BCUT2D eigenvalue weighted by molar-refractivity contribution is 5.43. The summed E-state index contributed by atoms with van der Waals surface area (Å²) in [4.78, 5) is 4.30. The van der Waals surface area contributed by atoms with Gasteiger partial charge in [-0.1, -0.05) is 63.2 Å². The Morgan fingerprint density at radius 1 is 0.964 bits per heavy atom. The number of pyridine rings is 1. The normalized spacial score (nSPS) is 14.3. The zero-order valence-electron chi connectivity index (χ0n) is 16.6. The molecule has 0 aliphatic carbocycles. The largest absolute Gasteiger partial charge is 0.388 e. The Morgan fingerprint density at radius 2 is 1.57 bits per heavy atom. The lowest BCUT2D eigenvalue weighted by Gasteiger charge is -2.35. The second-order valence-corrected chi connectivity index (χ2v) is 7.71. The van der Waals surface area contributed by atoms with Crippen LogP contribution in [0, 0.1) is 17.2 Å². The van der Waals surface area contributed by atoms with Crippen LogP contribution >= 0.6 is 0 Å². The van der Waals surface area contributed by atoms with Crippen molar-refractivity contribution >= 4 is 0 Å². The monoisotopic (exact) mass is 370 g/mol. The fourth-order valence-corrected chi connectivity index (χ4v) is 3.61. The van der Waals surface area contributed by atoms with E-state index >= 15 is 0 Å². The number of nitrogens with zero attached hydrogens (tertiary/aromatic N) is 2. The molecule has 0 saturated carbocycles. The van der Waals surface area contributed by atoms with E-state index in [2.05, 4.69) is 44.0 Å². The van der Waals surface area contributed by atoms with Gasteiger partial charge in [-0.25, -0.2) is 0 Å². The molecular formula is C25H26N2O. The first-order chi connectivity index (χ1) is 13.4. The van der Waals surface area contributed by atoms with Gasteiger partial charge in [0.1, 0.15) is 0 Å². The molecule has 142 valence electrons. The van der Waals surface area contributed by atoms with Crippen LogP contribution in [0.1, 0.15) is 54.8 Å². The van der Waals surface area contributed by atoms with Crippen LogP contribution in [0.2, 0.25) is 0 Å². The van der Waals surface area contributed by atoms with Crippen molar-refractivity contribution in [3.05, 3.63) is 101 Å². The summed E-state index contributed by atoms with van der Waals surface area (Å²) in [6.07, 6.45) is 1.66. The van der Waals surface area contributed by atoms with Crippen molar-refractivity contribution in [3.8, 4) is 6.07 Å². The second-order valence-electron chi connectivity index (χ2n) is 7.71. The third kappa shape index (κ3) is 3.98. The predicted octanol–water partition coefficient (Wildman–Crippen LogP) is 5.19. The molecule has 3 heteroatoms. The minimum absolute atomic E-state index is 0.182. The zero-order valence-corrected chi connectivity index (χ0v) is 16.6. The van der Waals surface area contributed by atoms with Gasteiger partial charge in [0.05, 0.1) is 17.7 Å². The van der Waals surface area contributed by atoms with Gasteiger partial charge in [-0.3, -0.25) is 4.98 Å². The van der Waals surface area contributed by atoms with Crippen molar-refractivity contribution in [2.75, 3.05) is 0 Å². The molecule has 1 heterocycles. The lowest BCUT2D eigenvalue weighted by atomic mass is 9.68. The van der Waals surface area contributed by atoms with E-state index in [1.807, 2.05) is 54.6 Å². The molecule has 2 atom stereocenters. The van der Waals surface area contributed by atoms with Crippen molar-refractivity contribution in [1.29, 1.82) is 5.26 Å². The third-order valence-electron chi connectivity index (χ3n) is 5.79. The highest BCUT2D eigenvalue weighted by Gasteiger charge is 2.32. The average Bonchev–Trinajstić information content (AvgIpc) is 2.74. The number of nitriles is 1. The molecule has 3 nitrogen and oxygen atoms in total. The number of hydrogen-bond donors (Lipinski definition) is 1. The fraction of sp³-hybridized carbons (Fsp3) is 0.280. The van der Waals surface area contributed by atoms with E-state index in [4.69, 9.17) is 5.26 Å². The van der Waals surface area contributed by atoms with Crippen LogP contribution in [-0.4, -0.2) is 10.1 Å². The summed E-state index contributed by atoms with van der Waals surface area (Å²) < 4.78 is 0. The van der Waals surface area contributed by atoms with Gasteiger partial charge in [0, 0.05) is 23.7 Å². The smallest absolute Gasteiger partial charge is 0.0991 e. The van der Waals surface area contributed by atoms with Crippen LogP contribution in [0.5, 0.6) is 0 Å². The summed E-state index contributed by atoms with van der Waals surface area (Å²) in [5.74, 6) is 0.365. The minimum atomic E-state index is -0.579. The van der Waals surface area contributed by atoms with E-state index in [1.165, 1.54) is 11.1 Å². The van der Waals surface area contributed by atoms with Gasteiger partial charge < -0.3 is 5.11 Å². The molecule has 1 aromatic heterocycles. The van der Waals surface area contributed by atoms with Crippen LogP contribution in [0.15, 0.2) is 72.9 Å². The Kier molecular flexibility index (Phi) is 5.92.